The van der Waals surface area contributed by atoms with Gasteiger partial charge in [0, 0.05) is 50.5 Å². The number of amidine groups is 1. The summed E-state index contributed by atoms with van der Waals surface area (Å²) >= 11 is 0. The van der Waals surface area contributed by atoms with Crippen LogP contribution >= 0.6 is 0 Å². The van der Waals surface area contributed by atoms with Gasteiger partial charge in [-0.1, -0.05) is 0 Å². The van der Waals surface area contributed by atoms with Gasteiger partial charge in [-0.2, -0.15) is 9.38 Å². The number of urea groups is 1. The molecule has 0 atom stereocenters. The van der Waals surface area contributed by atoms with Gasteiger partial charge in [0.25, 0.3) is 5.91 Å². The third kappa shape index (κ3) is 6.69. The number of amides is 3. The lowest BCUT2D eigenvalue weighted by Crippen LogP contribution is -2.47. The Morgan fingerprint density at radius 3 is 2.67 bits per heavy atom. The van der Waals surface area contributed by atoms with Gasteiger partial charge in [-0.15, -0.1) is 0 Å². The van der Waals surface area contributed by atoms with Gasteiger partial charge in [0.05, 0.1) is 12.2 Å². The molecular formula is C19H34FN7O3. The average molecular weight is 428 g/mol. The lowest BCUT2D eigenvalue weighted by atomic mass is 10.2. The summed E-state index contributed by atoms with van der Waals surface area (Å²) in [4.78, 5) is 34.1. The molecule has 1 fully saturated rings. The van der Waals surface area contributed by atoms with E-state index in [9.17, 15) is 19.1 Å². The second kappa shape index (κ2) is 11.1. The topological polar surface area (TPSA) is 136 Å². The van der Waals surface area contributed by atoms with Crippen molar-refractivity contribution in [3.63, 3.8) is 0 Å². The van der Waals surface area contributed by atoms with Gasteiger partial charge < -0.3 is 26.4 Å². The number of aliphatic imine (C=N–C) groups is 1. The number of piperazine rings is 1. The first-order valence-corrected chi connectivity index (χ1v) is 9.68. The second-order valence-electron chi connectivity index (χ2n) is 6.69. The van der Waals surface area contributed by atoms with Crippen LogP contribution in [0.2, 0.25) is 0 Å². The molecule has 5 N–H and O–H groups in total. The molecule has 0 aromatic carbocycles. The fourth-order valence-corrected chi connectivity index (χ4v) is 2.95. The van der Waals surface area contributed by atoms with Crippen LogP contribution in [0.25, 0.3) is 0 Å². The maximum Gasteiger partial charge on any atom is 0.342 e. The molecule has 1 aliphatic heterocycles. The molecule has 0 saturated carbocycles. The molecule has 0 bridgehead atoms. The zero-order valence-corrected chi connectivity index (χ0v) is 17.2. The Bertz CT molecular complexity index is 835. The molecule has 1 aromatic heterocycles. The number of aliphatic hydroxyl groups is 1. The number of aromatic nitrogens is 1. The predicted octanol–water partition coefficient (Wildman–Crippen LogP) is 1.36. The van der Waals surface area contributed by atoms with Gasteiger partial charge in [0.15, 0.2) is 0 Å². The molecule has 2 heterocycles. The summed E-state index contributed by atoms with van der Waals surface area (Å²) < 4.78 is 14.3. The van der Waals surface area contributed by atoms with Crippen LogP contribution in [0.4, 0.5) is 14.9 Å². The van der Waals surface area contributed by atoms with E-state index in [1.54, 1.807) is 13.0 Å². The molecule has 3 amide bonds. The van der Waals surface area contributed by atoms with E-state index >= 15 is 0 Å². The van der Waals surface area contributed by atoms with Crippen LogP contribution in [0.5, 0.6) is 0 Å². The molecule has 0 unspecified atom stereocenters. The quantitative estimate of drug-likeness (QED) is 0.223. The number of anilines is 1. The first-order chi connectivity index (χ1) is 14.3. The van der Waals surface area contributed by atoms with E-state index in [1.807, 2.05) is 9.80 Å². The molecule has 0 radical (unpaired) electrons. The highest BCUT2D eigenvalue weighted by Gasteiger charge is 2.21. The minimum Gasteiger partial charge on any atom is -0.511 e. The van der Waals surface area contributed by atoms with Gasteiger partial charge in [-0.25, -0.2) is 9.78 Å². The second-order valence-corrected chi connectivity index (χ2v) is 6.69. The Labute approximate surface area is 179 Å². The summed E-state index contributed by atoms with van der Waals surface area (Å²) in [6.07, 6.45) is 1.68. The standard InChI is InChI=1S/C19H28FN7O3.3H2/c1-3-23-19(30)25-16(21)7-4-13(28)12-26-8-10-27(11-9-26)15-6-5-14(18(29)22-2)24-17(15)20;;;/h4-6,28H,3,7-12H2,1-2H3,(H,22,29)(H3,21,23,25,30);3*1H/b13-4-;;;. The highest BCUT2D eigenvalue weighted by atomic mass is 19.1. The normalized spacial score (nSPS) is 15.8. The van der Waals surface area contributed by atoms with Crippen molar-refractivity contribution in [3.05, 3.63) is 35.6 Å². The Kier molecular flexibility index (Phi) is 8.54. The molecule has 10 nitrogen and oxygen atoms in total. The maximum atomic E-state index is 14.3. The van der Waals surface area contributed by atoms with Gasteiger partial charge >= 0.3 is 6.03 Å². The molecule has 11 heteroatoms. The van der Waals surface area contributed by atoms with Crippen molar-refractivity contribution in [1.29, 1.82) is 0 Å². The summed E-state index contributed by atoms with van der Waals surface area (Å²) in [5.74, 6) is -0.890. The third-order valence-corrected chi connectivity index (χ3v) is 4.51. The van der Waals surface area contributed by atoms with Crippen molar-refractivity contribution in [2.75, 3.05) is 51.2 Å². The number of hydrogen-bond donors (Lipinski definition) is 4. The summed E-state index contributed by atoms with van der Waals surface area (Å²) in [5, 5.41) is 15.0. The molecule has 0 aliphatic carbocycles. The van der Waals surface area contributed by atoms with Crippen molar-refractivity contribution < 1.29 is 23.4 Å². The monoisotopic (exact) mass is 427 g/mol. The van der Waals surface area contributed by atoms with Crippen LogP contribution < -0.4 is 21.3 Å². The molecule has 1 aliphatic rings. The molecule has 30 heavy (non-hydrogen) atoms. The van der Waals surface area contributed by atoms with E-state index in [1.165, 1.54) is 19.2 Å². The van der Waals surface area contributed by atoms with Crippen molar-refractivity contribution in [2.45, 2.75) is 13.3 Å². The van der Waals surface area contributed by atoms with E-state index in [2.05, 4.69) is 20.6 Å². The van der Waals surface area contributed by atoms with Gasteiger partial charge in [0.1, 0.15) is 17.3 Å². The van der Waals surface area contributed by atoms with Gasteiger partial charge in [-0.3, -0.25) is 9.69 Å². The minimum absolute atomic E-state index is 0. The zero-order chi connectivity index (χ0) is 22.1. The average Bonchev–Trinajstić information content (AvgIpc) is 2.72. The maximum absolute atomic E-state index is 14.3. The molecule has 0 spiro atoms. The summed E-state index contributed by atoms with van der Waals surface area (Å²) in [6.45, 7) is 4.87. The van der Waals surface area contributed by atoms with Crippen LogP contribution in [0, 0.1) is 5.95 Å². The van der Waals surface area contributed by atoms with Crippen LogP contribution in [0.15, 0.2) is 29.0 Å². The Balaban J connectivity index is 0. The van der Waals surface area contributed by atoms with Crippen molar-refractivity contribution in [2.24, 2.45) is 10.7 Å². The minimum atomic E-state index is -0.686. The van der Waals surface area contributed by atoms with Crippen molar-refractivity contribution in [1.82, 2.24) is 20.5 Å². The van der Waals surface area contributed by atoms with Gasteiger partial charge in [-0.05, 0) is 25.1 Å². The predicted molar refractivity (Wildman–Crippen MR) is 119 cm³/mol. The fraction of sp³-hybridized carbons (Fsp3) is 0.474. The number of nitrogens with one attached hydrogen (secondary N) is 2. The highest BCUT2D eigenvalue weighted by Crippen LogP contribution is 2.20. The Morgan fingerprint density at radius 2 is 2.07 bits per heavy atom. The lowest BCUT2D eigenvalue weighted by Gasteiger charge is -2.35. The third-order valence-electron chi connectivity index (χ3n) is 4.51. The highest BCUT2D eigenvalue weighted by molar-refractivity contribution is 5.93. The zero-order valence-electron chi connectivity index (χ0n) is 17.2. The first kappa shape index (κ1) is 23.1. The molecule has 1 aromatic rings. The molecule has 170 valence electrons. The van der Waals surface area contributed by atoms with E-state index < -0.39 is 17.9 Å². The number of nitrogens with zero attached hydrogens (tertiary/aromatic N) is 4. The Morgan fingerprint density at radius 1 is 1.37 bits per heavy atom. The number of rotatable bonds is 7. The smallest absolute Gasteiger partial charge is 0.342 e. The van der Waals surface area contributed by atoms with E-state index in [4.69, 9.17) is 5.73 Å². The van der Waals surface area contributed by atoms with Crippen LogP contribution in [-0.2, 0) is 0 Å². The van der Waals surface area contributed by atoms with E-state index in [0.717, 1.165) is 0 Å². The lowest BCUT2D eigenvalue weighted by molar-refractivity contribution is 0.0957. The largest absolute Gasteiger partial charge is 0.511 e. The number of nitrogens with two attached hydrogens (primary N) is 1. The number of pyridine rings is 1. The summed E-state index contributed by atoms with van der Waals surface area (Å²) in [7, 11) is 1.46. The molecule has 2 rings (SSSR count). The van der Waals surface area contributed by atoms with Crippen LogP contribution in [0.3, 0.4) is 0 Å². The first-order valence-electron chi connectivity index (χ1n) is 9.68. The van der Waals surface area contributed by atoms with Crippen molar-refractivity contribution in [3.8, 4) is 0 Å². The van der Waals surface area contributed by atoms with Gasteiger partial charge in [0.2, 0.25) is 5.95 Å². The summed E-state index contributed by atoms with van der Waals surface area (Å²) in [5.41, 5.74) is 6.04. The molecule has 1 saturated heterocycles. The molecular weight excluding hydrogens is 393 g/mol. The number of carbonyl (C=O) groups excluding carboxylic acids is 2. The fourth-order valence-electron chi connectivity index (χ4n) is 2.95. The van der Waals surface area contributed by atoms with Crippen LogP contribution in [0.1, 0.15) is 28.1 Å². The number of carbonyl (C=O) groups is 2. The van der Waals surface area contributed by atoms with E-state index in [-0.39, 0.29) is 28.0 Å². The number of aliphatic hydroxyl groups excluding tert-OH is 1. The van der Waals surface area contributed by atoms with Crippen molar-refractivity contribution >= 4 is 23.5 Å². The SMILES string of the molecule is CCNC(=O)/N=C(\N)C/C=C(\O)CN1CCN(c2ccc(C(=O)NC)nc2F)CC1.[HH].[HH].[HH]. The number of halogens is 1. The summed E-state index contributed by atoms with van der Waals surface area (Å²) in [6, 6.07) is 2.53. The van der Waals surface area contributed by atoms with Crippen LogP contribution in [-0.4, -0.2) is 79.1 Å². The van der Waals surface area contributed by atoms with E-state index in [0.29, 0.717) is 45.0 Å². The number of hydrogen-bond acceptors (Lipinski definition) is 6. The Hall–Kier alpha value is -3.21.